The number of methoxy groups -OCH3 is 4. The van der Waals surface area contributed by atoms with Crippen LogP contribution in [0.5, 0.6) is 28.7 Å². The highest BCUT2D eigenvalue weighted by Gasteiger charge is 2.54. The fourth-order valence-electron chi connectivity index (χ4n) is 5.83. The zero-order valence-corrected chi connectivity index (χ0v) is 21.1. The number of nitrogens with zero attached hydrogens (tertiary/aromatic N) is 3. The van der Waals surface area contributed by atoms with Gasteiger partial charge in [-0.25, -0.2) is 9.48 Å². The van der Waals surface area contributed by atoms with Gasteiger partial charge in [-0.05, 0) is 41.0 Å². The second-order valence-electron chi connectivity index (χ2n) is 9.09. The zero-order valence-electron chi connectivity index (χ0n) is 21.1. The summed E-state index contributed by atoms with van der Waals surface area (Å²) in [4.78, 5) is 25.9. The fourth-order valence-corrected chi connectivity index (χ4v) is 5.83. The van der Waals surface area contributed by atoms with Crippen molar-refractivity contribution in [3.63, 3.8) is 0 Å². The van der Waals surface area contributed by atoms with Gasteiger partial charge in [0.1, 0.15) is 0 Å². The first-order valence-electron chi connectivity index (χ1n) is 11.9. The maximum atomic E-state index is 13.4. The highest BCUT2D eigenvalue weighted by atomic mass is 16.7. The maximum Gasteiger partial charge on any atom is 0.358 e. The number of aromatic nitrogens is 3. The summed E-state index contributed by atoms with van der Waals surface area (Å²) in [6.45, 7) is 0.201. The minimum atomic E-state index is -0.620. The SMILES string of the molecule is COC(=O)c1cnnn1[C@@H]1c2cc3c(cc2[C@@H](c2cc(OC)c(OC)c(OC)c2)[C@H]2C(=O)OC[C@@H]21)OCO3. The Labute approximate surface area is 217 Å². The molecule has 2 aliphatic heterocycles. The monoisotopic (exact) mass is 523 g/mol. The molecule has 1 saturated heterocycles. The standard InChI is InChI=1S/C26H25N3O9/c1-32-19-5-12(6-20(33-2)24(19)34-3)21-13-7-17-18(38-11-37-17)8-14(13)23(15-10-36-26(31)22(15)21)29-16(9-27-28-29)25(30)35-4/h5-9,15,21-23H,10-11H2,1-4H3/t15-,21+,22-,23+/m0/s1. The van der Waals surface area contributed by atoms with Crippen molar-refractivity contribution in [2.45, 2.75) is 12.0 Å². The van der Waals surface area contributed by atoms with Crippen LogP contribution in [0.3, 0.4) is 0 Å². The first kappa shape index (κ1) is 23.9. The summed E-state index contributed by atoms with van der Waals surface area (Å²) >= 11 is 0. The third-order valence-corrected chi connectivity index (χ3v) is 7.43. The molecular formula is C26H25N3O9. The number of cyclic esters (lactones) is 1. The van der Waals surface area contributed by atoms with Crippen molar-refractivity contribution in [1.29, 1.82) is 0 Å². The van der Waals surface area contributed by atoms with Crippen molar-refractivity contribution >= 4 is 11.9 Å². The maximum absolute atomic E-state index is 13.4. The topological polar surface area (TPSA) is 129 Å². The molecule has 0 unspecified atom stereocenters. The van der Waals surface area contributed by atoms with Crippen LogP contribution in [0.4, 0.5) is 0 Å². The molecule has 12 heteroatoms. The zero-order chi connectivity index (χ0) is 26.6. The second kappa shape index (κ2) is 9.12. The molecule has 12 nitrogen and oxygen atoms in total. The van der Waals surface area contributed by atoms with Crippen LogP contribution < -0.4 is 23.7 Å². The summed E-state index contributed by atoms with van der Waals surface area (Å²) in [6.07, 6.45) is 1.34. The summed E-state index contributed by atoms with van der Waals surface area (Å²) < 4.78 is 40.2. The Kier molecular flexibility index (Phi) is 5.73. The van der Waals surface area contributed by atoms with Crippen molar-refractivity contribution < 1.29 is 42.7 Å². The van der Waals surface area contributed by atoms with Gasteiger partial charge in [0.2, 0.25) is 12.5 Å². The number of hydrogen-bond donors (Lipinski definition) is 0. The van der Waals surface area contributed by atoms with Gasteiger partial charge in [0.25, 0.3) is 0 Å². The van der Waals surface area contributed by atoms with Crippen LogP contribution in [0.15, 0.2) is 30.5 Å². The summed E-state index contributed by atoms with van der Waals surface area (Å²) in [7, 11) is 5.89. The Morgan fingerprint density at radius 3 is 2.26 bits per heavy atom. The average molecular weight is 523 g/mol. The first-order valence-corrected chi connectivity index (χ1v) is 11.9. The van der Waals surface area contributed by atoms with E-state index < -0.39 is 23.8 Å². The van der Waals surface area contributed by atoms with Crippen molar-refractivity contribution in [3.8, 4) is 28.7 Å². The van der Waals surface area contributed by atoms with E-state index in [-0.39, 0.29) is 31.0 Å². The minimum Gasteiger partial charge on any atom is -0.493 e. The average Bonchev–Trinajstić information content (AvgIpc) is 3.69. The largest absolute Gasteiger partial charge is 0.493 e. The van der Waals surface area contributed by atoms with Crippen LogP contribution in [-0.4, -0.2) is 68.8 Å². The molecule has 0 N–H and O–H groups in total. The normalized spacial score (nSPS) is 22.8. The Morgan fingerprint density at radius 1 is 0.947 bits per heavy atom. The minimum absolute atomic E-state index is 0.0728. The predicted octanol–water partition coefficient (Wildman–Crippen LogP) is 2.34. The molecule has 3 aliphatic rings. The van der Waals surface area contributed by atoms with Gasteiger partial charge in [-0.15, -0.1) is 5.10 Å². The lowest BCUT2D eigenvalue weighted by Gasteiger charge is -2.39. The molecule has 6 rings (SSSR count). The number of hydrogen-bond acceptors (Lipinski definition) is 11. The molecule has 3 heterocycles. The highest BCUT2D eigenvalue weighted by molar-refractivity contribution is 5.87. The van der Waals surface area contributed by atoms with E-state index in [1.807, 2.05) is 24.3 Å². The van der Waals surface area contributed by atoms with E-state index in [1.54, 1.807) is 0 Å². The number of ether oxygens (including phenoxy) is 7. The summed E-state index contributed by atoms with van der Waals surface area (Å²) in [5, 5.41) is 8.20. The Hall–Kier alpha value is -4.48. The molecule has 2 aromatic carbocycles. The number of benzene rings is 2. The van der Waals surface area contributed by atoms with Crippen LogP contribution in [0.25, 0.3) is 0 Å². The van der Waals surface area contributed by atoms with Gasteiger partial charge < -0.3 is 33.2 Å². The van der Waals surface area contributed by atoms with E-state index in [9.17, 15) is 9.59 Å². The van der Waals surface area contributed by atoms with Gasteiger partial charge in [-0.2, -0.15) is 0 Å². The van der Waals surface area contributed by atoms with Gasteiger partial charge in [0.15, 0.2) is 28.7 Å². The molecule has 1 fully saturated rings. The number of fused-ring (bicyclic) bond motifs is 3. The van der Waals surface area contributed by atoms with Crippen molar-refractivity contribution in [1.82, 2.24) is 15.0 Å². The third-order valence-electron chi connectivity index (χ3n) is 7.43. The lowest BCUT2D eigenvalue weighted by Crippen LogP contribution is -2.38. The van der Waals surface area contributed by atoms with Crippen LogP contribution in [0, 0.1) is 11.8 Å². The van der Waals surface area contributed by atoms with Crippen LogP contribution in [0.2, 0.25) is 0 Å². The first-order chi connectivity index (χ1) is 18.5. The van der Waals surface area contributed by atoms with E-state index in [2.05, 4.69) is 10.3 Å². The molecule has 0 saturated carbocycles. The Morgan fingerprint density at radius 2 is 1.63 bits per heavy atom. The second-order valence-corrected chi connectivity index (χ2v) is 9.09. The fraction of sp³-hybridized carbons (Fsp3) is 0.385. The molecule has 198 valence electrons. The van der Waals surface area contributed by atoms with Gasteiger partial charge in [0, 0.05) is 11.8 Å². The lowest BCUT2D eigenvalue weighted by molar-refractivity contribution is -0.141. The van der Waals surface area contributed by atoms with E-state index in [0.29, 0.717) is 28.7 Å². The predicted molar refractivity (Wildman–Crippen MR) is 128 cm³/mol. The van der Waals surface area contributed by atoms with E-state index in [1.165, 1.54) is 39.3 Å². The molecule has 0 radical (unpaired) electrons. The third kappa shape index (κ3) is 3.43. The molecule has 1 aliphatic carbocycles. The number of carbonyl (C=O) groups is 2. The number of rotatable bonds is 6. The number of esters is 2. The molecule has 1 aromatic heterocycles. The Bertz CT molecular complexity index is 1410. The highest BCUT2D eigenvalue weighted by Crippen LogP contribution is 2.56. The van der Waals surface area contributed by atoms with E-state index in [4.69, 9.17) is 33.2 Å². The summed E-state index contributed by atoms with van der Waals surface area (Å²) in [5.74, 6) is 0.0422. The van der Waals surface area contributed by atoms with Gasteiger partial charge in [-0.1, -0.05) is 5.21 Å². The van der Waals surface area contributed by atoms with Crippen LogP contribution in [0.1, 0.15) is 39.1 Å². The van der Waals surface area contributed by atoms with Crippen molar-refractivity contribution in [2.75, 3.05) is 41.8 Å². The summed E-state index contributed by atoms with van der Waals surface area (Å²) in [6, 6.07) is 6.84. The lowest BCUT2D eigenvalue weighted by atomic mass is 9.65. The molecule has 0 amide bonds. The van der Waals surface area contributed by atoms with Gasteiger partial charge >= 0.3 is 11.9 Å². The van der Waals surface area contributed by atoms with Crippen molar-refractivity contribution in [2.24, 2.45) is 11.8 Å². The molecule has 3 aromatic rings. The molecule has 4 atom stereocenters. The Balaban J connectivity index is 1.61. The van der Waals surface area contributed by atoms with Crippen molar-refractivity contribution in [3.05, 3.63) is 52.8 Å². The molecule has 38 heavy (non-hydrogen) atoms. The quantitative estimate of drug-likeness (QED) is 0.442. The smallest absolute Gasteiger partial charge is 0.358 e. The molecule has 0 bridgehead atoms. The number of carbonyl (C=O) groups excluding carboxylic acids is 2. The van der Waals surface area contributed by atoms with Crippen LogP contribution in [-0.2, 0) is 14.3 Å². The van der Waals surface area contributed by atoms with E-state index in [0.717, 1.165) is 16.7 Å². The van der Waals surface area contributed by atoms with Crippen LogP contribution >= 0.6 is 0 Å². The molecular weight excluding hydrogens is 498 g/mol. The van der Waals surface area contributed by atoms with E-state index >= 15 is 0 Å². The van der Waals surface area contributed by atoms with Gasteiger partial charge in [0.05, 0.1) is 53.2 Å². The molecule has 0 spiro atoms. The summed E-state index contributed by atoms with van der Waals surface area (Å²) in [5.41, 5.74) is 2.51. The van der Waals surface area contributed by atoms with Gasteiger partial charge in [-0.3, -0.25) is 4.79 Å².